The average molecular weight is 224 g/mol. The Labute approximate surface area is 95.5 Å². The Hall–Kier alpha value is -0.950. The van der Waals surface area contributed by atoms with Crippen LogP contribution in [0.3, 0.4) is 0 Å². The monoisotopic (exact) mass is 224 g/mol. The van der Waals surface area contributed by atoms with Crippen molar-refractivity contribution in [1.82, 2.24) is 4.98 Å². The number of aromatic nitrogens is 2. The molecule has 1 aromatic rings. The first-order chi connectivity index (χ1) is 7.38. The summed E-state index contributed by atoms with van der Waals surface area (Å²) in [5, 5.41) is 8.53. The lowest BCUT2D eigenvalue weighted by atomic mass is 10.3. The minimum absolute atomic E-state index is 0.583. The van der Waals surface area contributed by atoms with Crippen molar-refractivity contribution in [2.45, 2.75) is 32.7 Å². The van der Waals surface area contributed by atoms with Crippen LogP contribution in [-0.4, -0.2) is 16.5 Å². The molecule has 4 heteroatoms. The van der Waals surface area contributed by atoms with Gasteiger partial charge >= 0.3 is 0 Å². The highest BCUT2D eigenvalue weighted by Gasteiger charge is 2.08. The quantitative estimate of drug-likeness (QED) is 0.568. The first-order valence-electron chi connectivity index (χ1n) is 5.39. The van der Waals surface area contributed by atoms with Crippen molar-refractivity contribution in [3.63, 3.8) is 0 Å². The Morgan fingerprint density at radius 1 is 1.60 bits per heavy atom. The van der Waals surface area contributed by atoms with Gasteiger partial charge in [-0.1, -0.05) is 6.92 Å². The first-order valence-corrected chi connectivity index (χ1v) is 6.54. The summed E-state index contributed by atoms with van der Waals surface area (Å²) in [5.41, 5.74) is 0. The molecule has 0 fully saturated rings. The van der Waals surface area contributed by atoms with Crippen molar-refractivity contribution in [2.75, 3.05) is 11.5 Å². The van der Waals surface area contributed by atoms with E-state index >= 15 is 0 Å². The molecule has 0 unspecified atom stereocenters. The second-order valence-corrected chi connectivity index (χ2v) is 4.70. The lowest BCUT2D eigenvalue weighted by molar-refractivity contribution is -0.701. The van der Waals surface area contributed by atoms with E-state index in [9.17, 15) is 0 Å². The number of H-pyrrole nitrogens is 1. The molecule has 0 radical (unpaired) electrons. The highest BCUT2D eigenvalue weighted by molar-refractivity contribution is 7.99. The van der Waals surface area contributed by atoms with Crippen molar-refractivity contribution in [3.8, 4) is 6.07 Å². The highest BCUT2D eigenvalue weighted by Crippen LogP contribution is 2.03. The SMILES string of the molecule is CCSCCCc1[nH]cc[n+]1CCC#N. The molecule has 15 heavy (non-hydrogen) atoms. The van der Waals surface area contributed by atoms with Gasteiger partial charge in [0.25, 0.3) is 5.82 Å². The summed E-state index contributed by atoms with van der Waals surface area (Å²) in [4.78, 5) is 3.24. The number of thioether (sulfide) groups is 1. The molecule has 1 heterocycles. The first kappa shape index (κ1) is 12.1. The summed E-state index contributed by atoms with van der Waals surface area (Å²) < 4.78 is 2.14. The molecule has 0 bridgehead atoms. The molecule has 0 aliphatic rings. The Morgan fingerprint density at radius 3 is 3.20 bits per heavy atom. The van der Waals surface area contributed by atoms with Gasteiger partial charge in [0.2, 0.25) is 0 Å². The molecule has 82 valence electrons. The second kappa shape index (κ2) is 7.36. The van der Waals surface area contributed by atoms with Crippen LogP contribution in [0.25, 0.3) is 0 Å². The lowest BCUT2D eigenvalue weighted by Crippen LogP contribution is -2.35. The standard InChI is InChI=1S/C11H17N3S/c1-2-15-10-3-5-11-13-7-9-14(11)8-4-6-12/h7,9H,2-5,8,10H2,1H3/p+1. The summed E-state index contributed by atoms with van der Waals surface area (Å²) in [7, 11) is 0. The molecule has 0 aromatic carbocycles. The Kier molecular flexibility index (Phi) is 5.94. The van der Waals surface area contributed by atoms with Crippen LogP contribution < -0.4 is 4.57 Å². The van der Waals surface area contributed by atoms with Crippen LogP contribution in [0.1, 0.15) is 25.6 Å². The van der Waals surface area contributed by atoms with E-state index in [-0.39, 0.29) is 0 Å². The number of nitrogens with one attached hydrogen (secondary N) is 1. The fourth-order valence-electron chi connectivity index (χ4n) is 1.48. The van der Waals surface area contributed by atoms with Crippen LogP contribution in [0, 0.1) is 11.3 Å². The maximum Gasteiger partial charge on any atom is 0.254 e. The van der Waals surface area contributed by atoms with E-state index in [0.29, 0.717) is 6.42 Å². The van der Waals surface area contributed by atoms with E-state index in [1.165, 1.54) is 23.8 Å². The van der Waals surface area contributed by atoms with E-state index in [0.717, 1.165) is 13.0 Å². The molecule has 0 aliphatic carbocycles. The molecule has 0 amide bonds. The second-order valence-electron chi connectivity index (χ2n) is 3.31. The van der Waals surface area contributed by atoms with Crippen molar-refractivity contribution < 1.29 is 4.57 Å². The number of imidazole rings is 1. The van der Waals surface area contributed by atoms with Gasteiger partial charge in [-0.3, -0.25) is 0 Å². The summed E-state index contributed by atoms with van der Waals surface area (Å²) in [6, 6.07) is 2.17. The van der Waals surface area contributed by atoms with Crippen LogP contribution in [0.4, 0.5) is 0 Å². The summed E-state index contributed by atoms with van der Waals surface area (Å²) >= 11 is 1.98. The van der Waals surface area contributed by atoms with Gasteiger partial charge in [0, 0.05) is 6.42 Å². The summed E-state index contributed by atoms with van der Waals surface area (Å²) in [6.45, 7) is 2.99. The summed E-state index contributed by atoms with van der Waals surface area (Å²) in [5.74, 6) is 3.65. The van der Waals surface area contributed by atoms with Gasteiger partial charge in [0.15, 0.2) is 0 Å². The van der Waals surface area contributed by atoms with E-state index < -0.39 is 0 Å². The van der Waals surface area contributed by atoms with Gasteiger partial charge in [0.05, 0.1) is 12.5 Å². The Bertz CT molecular complexity index is 314. The zero-order chi connectivity index (χ0) is 10.9. The average Bonchev–Trinajstić information content (AvgIpc) is 2.69. The number of aryl methyl sites for hydroxylation is 2. The third kappa shape index (κ3) is 4.39. The third-order valence-corrected chi connectivity index (χ3v) is 3.21. The number of nitrogens with zero attached hydrogens (tertiary/aromatic N) is 2. The Morgan fingerprint density at radius 2 is 2.47 bits per heavy atom. The molecule has 3 nitrogen and oxygen atoms in total. The molecule has 1 aromatic heterocycles. The summed E-state index contributed by atoms with van der Waals surface area (Å²) in [6.07, 6.45) is 6.82. The molecule has 0 spiro atoms. The molecule has 1 rings (SSSR count). The van der Waals surface area contributed by atoms with Crippen molar-refractivity contribution >= 4 is 11.8 Å². The van der Waals surface area contributed by atoms with E-state index in [4.69, 9.17) is 5.26 Å². The van der Waals surface area contributed by atoms with Gasteiger partial charge in [-0.25, -0.2) is 9.55 Å². The molecule has 0 saturated heterocycles. The maximum absolute atomic E-state index is 8.53. The van der Waals surface area contributed by atoms with Gasteiger partial charge in [-0.15, -0.1) is 0 Å². The van der Waals surface area contributed by atoms with Crippen molar-refractivity contribution in [2.24, 2.45) is 0 Å². The topological polar surface area (TPSA) is 43.5 Å². The van der Waals surface area contributed by atoms with Crippen LogP contribution in [0.2, 0.25) is 0 Å². The van der Waals surface area contributed by atoms with E-state index in [1.54, 1.807) is 0 Å². The van der Waals surface area contributed by atoms with Gasteiger partial charge in [-0.2, -0.15) is 17.0 Å². The maximum atomic E-state index is 8.53. The molecular formula is C11H18N3S+. The fraction of sp³-hybridized carbons (Fsp3) is 0.636. The van der Waals surface area contributed by atoms with Gasteiger partial charge in [-0.05, 0) is 17.9 Å². The molecule has 1 N–H and O–H groups in total. The predicted molar refractivity (Wildman–Crippen MR) is 62.5 cm³/mol. The zero-order valence-corrected chi connectivity index (χ0v) is 10.0. The van der Waals surface area contributed by atoms with Gasteiger partial charge in [0.1, 0.15) is 18.9 Å². The smallest absolute Gasteiger partial charge is 0.248 e. The third-order valence-electron chi connectivity index (χ3n) is 2.22. The number of rotatable bonds is 7. The van der Waals surface area contributed by atoms with E-state index in [2.05, 4.69) is 22.5 Å². The van der Waals surface area contributed by atoms with Crippen LogP contribution >= 0.6 is 11.8 Å². The van der Waals surface area contributed by atoms with Crippen LogP contribution in [0.15, 0.2) is 12.4 Å². The molecule has 0 saturated carbocycles. The molecule has 0 atom stereocenters. The highest BCUT2D eigenvalue weighted by atomic mass is 32.2. The zero-order valence-electron chi connectivity index (χ0n) is 9.20. The minimum Gasteiger partial charge on any atom is -0.248 e. The molecule has 0 aliphatic heterocycles. The van der Waals surface area contributed by atoms with Crippen molar-refractivity contribution in [1.29, 1.82) is 5.26 Å². The van der Waals surface area contributed by atoms with Crippen LogP contribution in [-0.2, 0) is 13.0 Å². The largest absolute Gasteiger partial charge is 0.254 e. The number of aromatic amines is 1. The van der Waals surface area contributed by atoms with E-state index in [1.807, 2.05) is 24.2 Å². The number of nitriles is 1. The van der Waals surface area contributed by atoms with Crippen molar-refractivity contribution in [3.05, 3.63) is 18.2 Å². The van der Waals surface area contributed by atoms with Crippen LogP contribution in [0.5, 0.6) is 0 Å². The Balaban J connectivity index is 2.33. The fourth-order valence-corrected chi connectivity index (χ4v) is 2.12. The lowest BCUT2D eigenvalue weighted by Gasteiger charge is -1.98. The van der Waals surface area contributed by atoms with Gasteiger partial charge < -0.3 is 0 Å². The number of hydrogen-bond acceptors (Lipinski definition) is 2. The predicted octanol–water partition coefficient (Wildman–Crippen LogP) is 1.90. The minimum atomic E-state index is 0.583. The molecular weight excluding hydrogens is 206 g/mol. The number of hydrogen-bond donors (Lipinski definition) is 1. The normalized spacial score (nSPS) is 10.1.